The van der Waals surface area contributed by atoms with E-state index < -0.39 is 16.6 Å². The summed E-state index contributed by atoms with van der Waals surface area (Å²) in [7, 11) is 0. The summed E-state index contributed by atoms with van der Waals surface area (Å²) in [6.07, 6.45) is 0. The molecule has 3 N–H and O–H groups in total. The van der Waals surface area contributed by atoms with Crippen molar-refractivity contribution in [2.75, 3.05) is 0 Å². The smallest absolute Gasteiger partial charge is 0.289 e. The molecule has 4 amide bonds. The molecule has 1 aliphatic heterocycles. The summed E-state index contributed by atoms with van der Waals surface area (Å²) in [4.78, 5) is 20.9. The van der Waals surface area contributed by atoms with Crippen LogP contribution in [-0.4, -0.2) is 16.6 Å². The number of halogens is 2. The van der Waals surface area contributed by atoms with Crippen LogP contribution >= 0.6 is 23.2 Å². The molecule has 0 spiro atoms. The largest absolute Gasteiger partial charge is 0.326 e. The average Bonchev–Trinajstić information content (AvgIpc) is 1.54. The molecule has 0 radical (unpaired) electrons. The van der Waals surface area contributed by atoms with E-state index in [1.807, 2.05) is 16.0 Å². The Morgan fingerprint density at radius 3 is 1.80 bits per heavy atom. The van der Waals surface area contributed by atoms with Crippen LogP contribution in [0.1, 0.15) is 0 Å². The van der Waals surface area contributed by atoms with Crippen molar-refractivity contribution in [2.45, 2.75) is 4.58 Å². The molecule has 1 aliphatic rings. The number of carbonyl (C=O) groups excluding carboxylic acids is 2. The number of urea groups is 2. The predicted molar refractivity (Wildman–Crippen MR) is 34.6 cm³/mol. The Morgan fingerprint density at radius 2 is 1.50 bits per heavy atom. The molecule has 0 aromatic heterocycles. The molecule has 1 fully saturated rings. The van der Waals surface area contributed by atoms with E-state index in [1.165, 1.54) is 0 Å². The minimum absolute atomic E-state index is 0.728. The SMILES string of the molecule is O=C1NC(=O)NC(Cl)(Cl)N1. The van der Waals surface area contributed by atoms with Crippen molar-refractivity contribution in [3.8, 4) is 0 Å². The first kappa shape index (κ1) is 7.43. The second-order valence-corrected chi connectivity index (χ2v) is 2.93. The third-order valence-corrected chi connectivity index (χ3v) is 1.15. The fourth-order valence-electron chi connectivity index (χ4n) is 0.482. The van der Waals surface area contributed by atoms with Gasteiger partial charge < -0.3 is 0 Å². The topological polar surface area (TPSA) is 70.2 Å². The first-order chi connectivity index (χ1) is 4.49. The highest BCUT2D eigenvalue weighted by molar-refractivity contribution is 6.49. The maximum absolute atomic E-state index is 10.4. The van der Waals surface area contributed by atoms with Crippen molar-refractivity contribution in [1.29, 1.82) is 0 Å². The molecule has 1 rings (SSSR count). The van der Waals surface area contributed by atoms with Gasteiger partial charge in [0.2, 0.25) is 0 Å². The van der Waals surface area contributed by atoms with Crippen LogP contribution < -0.4 is 16.0 Å². The van der Waals surface area contributed by atoms with Gasteiger partial charge >= 0.3 is 12.1 Å². The summed E-state index contributed by atoms with van der Waals surface area (Å²) in [5.74, 6) is 0. The zero-order valence-electron chi connectivity index (χ0n) is 4.57. The third-order valence-electron chi connectivity index (χ3n) is 0.768. The van der Waals surface area contributed by atoms with Crippen molar-refractivity contribution >= 4 is 35.3 Å². The highest BCUT2D eigenvalue weighted by Crippen LogP contribution is 2.13. The molecule has 1 heterocycles. The van der Waals surface area contributed by atoms with Gasteiger partial charge in [0, 0.05) is 0 Å². The van der Waals surface area contributed by atoms with E-state index in [1.54, 1.807) is 0 Å². The summed E-state index contributed by atoms with van der Waals surface area (Å²) < 4.78 is -1.70. The summed E-state index contributed by atoms with van der Waals surface area (Å²) >= 11 is 10.6. The van der Waals surface area contributed by atoms with Crippen molar-refractivity contribution in [3.05, 3.63) is 0 Å². The summed E-state index contributed by atoms with van der Waals surface area (Å²) in [6.45, 7) is 0. The fraction of sp³-hybridized carbons (Fsp3) is 0.333. The molecule has 7 heteroatoms. The van der Waals surface area contributed by atoms with Crippen LogP contribution in [0.4, 0.5) is 9.59 Å². The number of amides is 4. The van der Waals surface area contributed by atoms with Gasteiger partial charge in [0.1, 0.15) is 0 Å². The van der Waals surface area contributed by atoms with Gasteiger partial charge in [-0.15, -0.1) is 0 Å². The Labute approximate surface area is 66.0 Å². The van der Waals surface area contributed by atoms with Gasteiger partial charge in [-0.05, 0) is 0 Å². The van der Waals surface area contributed by atoms with E-state index in [0.717, 1.165) is 0 Å². The molecule has 0 saturated carbocycles. The Kier molecular flexibility index (Phi) is 1.61. The Bertz CT molecular complexity index is 174. The minimum atomic E-state index is -1.70. The number of rotatable bonds is 0. The lowest BCUT2D eigenvalue weighted by molar-refractivity contribution is 0.213. The lowest BCUT2D eigenvalue weighted by Gasteiger charge is -2.26. The molecule has 0 aliphatic carbocycles. The van der Waals surface area contributed by atoms with Crippen molar-refractivity contribution in [2.24, 2.45) is 0 Å². The maximum Gasteiger partial charge on any atom is 0.326 e. The molecule has 1 saturated heterocycles. The Morgan fingerprint density at radius 1 is 1.10 bits per heavy atom. The summed E-state index contributed by atoms with van der Waals surface area (Å²) in [5.41, 5.74) is 0. The van der Waals surface area contributed by atoms with Crippen molar-refractivity contribution in [1.82, 2.24) is 16.0 Å². The minimum Gasteiger partial charge on any atom is -0.289 e. The quantitative estimate of drug-likeness (QED) is 0.369. The normalized spacial score (nSPS) is 22.6. The fourth-order valence-corrected chi connectivity index (χ4v) is 0.825. The van der Waals surface area contributed by atoms with E-state index in [0.29, 0.717) is 0 Å². The average molecular weight is 184 g/mol. The van der Waals surface area contributed by atoms with Crippen LogP contribution in [0.25, 0.3) is 0 Å². The molecule has 0 unspecified atom stereocenters. The number of imide groups is 1. The molecule has 56 valence electrons. The van der Waals surface area contributed by atoms with Gasteiger partial charge in [-0.2, -0.15) is 0 Å². The second-order valence-electron chi connectivity index (χ2n) is 1.61. The highest BCUT2D eigenvalue weighted by atomic mass is 35.5. The molecule has 0 aromatic rings. The van der Waals surface area contributed by atoms with Crippen LogP contribution in [0.2, 0.25) is 0 Å². The number of alkyl halides is 2. The van der Waals surface area contributed by atoms with Crippen LogP contribution in [-0.2, 0) is 0 Å². The number of nitrogens with one attached hydrogen (secondary N) is 3. The van der Waals surface area contributed by atoms with Crippen LogP contribution in [0, 0.1) is 0 Å². The van der Waals surface area contributed by atoms with E-state index in [-0.39, 0.29) is 0 Å². The zero-order chi connectivity index (χ0) is 7.78. The van der Waals surface area contributed by atoms with E-state index in [9.17, 15) is 9.59 Å². The van der Waals surface area contributed by atoms with Crippen LogP contribution in [0.5, 0.6) is 0 Å². The van der Waals surface area contributed by atoms with Gasteiger partial charge in [-0.1, -0.05) is 23.2 Å². The standard InChI is InChI=1S/C3H3Cl2N3O2/c4-3(5)7-1(9)6-2(10)8-3/h(H3,6,7,8,9,10). The van der Waals surface area contributed by atoms with Gasteiger partial charge in [-0.3, -0.25) is 16.0 Å². The van der Waals surface area contributed by atoms with E-state index in [4.69, 9.17) is 23.2 Å². The summed E-state index contributed by atoms with van der Waals surface area (Å²) in [6, 6.07) is -1.46. The predicted octanol–water partition coefficient (Wildman–Crippen LogP) is 0.0977. The van der Waals surface area contributed by atoms with Gasteiger partial charge in [0.05, 0.1) is 0 Å². The molecule has 0 aromatic carbocycles. The Balaban J connectivity index is 2.68. The van der Waals surface area contributed by atoms with Gasteiger partial charge in [-0.25, -0.2) is 9.59 Å². The second kappa shape index (κ2) is 2.17. The third kappa shape index (κ3) is 1.65. The van der Waals surface area contributed by atoms with E-state index in [2.05, 4.69) is 0 Å². The first-order valence-electron chi connectivity index (χ1n) is 2.29. The first-order valence-corrected chi connectivity index (χ1v) is 3.04. The summed E-state index contributed by atoms with van der Waals surface area (Å²) in [5, 5.41) is 5.94. The molecular formula is C3H3Cl2N3O2. The molecule has 10 heavy (non-hydrogen) atoms. The van der Waals surface area contributed by atoms with Crippen molar-refractivity contribution in [3.63, 3.8) is 0 Å². The number of hydrogen-bond donors (Lipinski definition) is 3. The highest BCUT2D eigenvalue weighted by Gasteiger charge is 2.33. The van der Waals surface area contributed by atoms with Crippen molar-refractivity contribution < 1.29 is 9.59 Å². The van der Waals surface area contributed by atoms with E-state index >= 15 is 0 Å². The lowest BCUT2D eigenvalue weighted by atomic mass is 10.7. The number of hydrogen-bond acceptors (Lipinski definition) is 2. The monoisotopic (exact) mass is 183 g/mol. The number of carbonyl (C=O) groups is 2. The molecule has 0 bridgehead atoms. The molecule has 5 nitrogen and oxygen atoms in total. The molecular weight excluding hydrogens is 181 g/mol. The lowest BCUT2D eigenvalue weighted by Crippen LogP contribution is -2.64. The van der Waals surface area contributed by atoms with Gasteiger partial charge in [0.15, 0.2) is 0 Å². The zero-order valence-corrected chi connectivity index (χ0v) is 6.08. The molecule has 0 atom stereocenters. The maximum atomic E-state index is 10.4. The van der Waals surface area contributed by atoms with Crippen LogP contribution in [0.15, 0.2) is 0 Å². The van der Waals surface area contributed by atoms with Crippen LogP contribution in [0.3, 0.4) is 0 Å². The van der Waals surface area contributed by atoms with Gasteiger partial charge in [0.25, 0.3) is 4.58 Å². The Hall–Kier alpha value is -0.680.